The highest BCUT2D eigenvalue weighted by Crippen LogP contribution is 2.25. The van der Waals surface area contributed by atoms with E-state index >= 15 is 0 Å². The summed E-state index contributed by atoms with van der Waals surface area (Å²) in [7, 11) is 0. The minimum absolute atomic E-state index is 0.0540. The number of aromatic hydroxyl groups is 1. The molecule has 0 aliphatic heterocycles. The first-order chi connectivity index (χ1) is 8.97. The van der Waals surface area contributed by atoms with Gasteiger partial charge in [0.2, 0.25) is 0 Å². The fourth-order valence-corrected chi connectivity index (χ4v) is 2.48. The molecular weight excluding hydrogens is 374 g/mol. The largest absolute Gasteiger partial charge is 0.507 e. The number of amides is 1. The first-order valence-corrected chi connectivity index (χ1v) is 7.12. The van der Waals surface area contributed by atoms with Gasteiger partial charge in [0, 0.05) is 14.6 Å². The van der Waals surface area contributed by atoms with E-state index in [-0.39, 0.29) is 17.2 Å². The van der Waals surface area contributed by atoms with Crippen LogP contribution >= 0.6 is 31.9 Å². The van der Waals surface area contributed by atoms with Crippen molar-refractivity contribution in [1.29, 1.82) is 0 Å². The molecule has 0 spiro atoms. The maximum atomic E-state index is 12.1. The lowest BCUT2D eigenvalue weighted by molar-refractivity contribution is 0.102. The lowest BCUT2D eigenvalue weighted by Gasteiger charge is -2.10. The Kier molecular flexibility index (Phi) is 4.27. The number of benzene rings is 2. The molecule has 2 rings (SSSR count). The van der Waals surface area contributed by atoms with Gasteiger partial charge in [-0.3, -0.25) is 4.79 Å². The molecule has 0 aromatic heterocycles. The van der Waals surface area contributed by atoms with Gasteiger partial charge in [-0.2, -0.15) is 0 Å². The van der Waals surface area contributed by atoms with Crippen LogP contribution in [0.2, 0.25) is 0 Å². The Morgan fingerprint density at radius 1 is 1.11 bits per heavy atom. The molecule has 2 aromatic carbocycles. The third-order valence-corrected chi connectivity index (χ3v) is 3.63. The van der Waals surface area contributed by atoms with Crippen LogP contribution in [0, 0.1) is 6.92 Å². The van der Waals surface area contributed by atoms with Gasteiger partial charge in [-0.1, -0.05) is 31.9 Å². The highest BCUT2D eigenvalue weighted by atomic mass is 79.9. The molecule has 0 saturated heterocycles. The van der Waals surface area contributed by atoms with E-state index in [1.165, 1.54) is 6.07 Å². The number of hydrogen-bond donors (Lipinski definition) is 2. The molecule has 0 radical (unpaired) electrons. The van der Waals surface area contributed by atoms with Crippen molar-refractivity contribution >= 4 is 43.5 Å². The van der Waals surface area contributed by atoms with E-state index < -0.39 is 0 Å². The normalized spacial score (nSPS) is 10.3. The van der Waals surface area contributed by atoms with E-state index in [2.05, 4.69) is 37.2 Å². The summed E-state index contributed by atoms with van der Waals surface area (Å²) >= 11 is 6.60. The molecule has 2 aromatic rings. The molecule has 98 valence electrons. The monoisotopic (exact) mass is 383 g/mol. The number of rotatable bonds is 2. The van der Waals surface area contributed by atoms with E-state index in [1.54, 1.807) is 12.1 Å². The molecule has 3 nitrogen and oxygen atoms in total. The van der Waals surface area contributed by atoms with Crippen molar-refractivity contribution in [2.45, 2.75) is 6.92 Å². The lowest BCUT2D eigenvalue weighted by atomic mass is 10.1. The van der Waals surface area contributed by atoms with Crippen LogP contribution in [0.25, 0.3) is 0 Å². The molecule has 0 aliphatic carbocycles. The maximum absolute atomic E-state index is 12.1. The van der Waals surface area contributed by atoms with E-state index in [0.29, 0.717) is 0 Å². The number of carbonyl (C=O) groups is 1. The van der Waals surface area contributed by atoms with Gasteiger partial charge in [0.25, 0.3) is 5.91 Å². The standard InChI is InChI=1S/C14H11Br2NO2/c1-8-6-9(15)3-5-12(8)17-14(19)11-4-2-10(16)7-13(11)18/h2-7,18H,1H3,(H,17,19). The van der Waals surface area contributed by atoms with Crippen molar-refractivity contribution in [3.05, 3.63) is 56.5 Å². The Balaban J connectivity index is 2.25. The molecule has 0 bridgehead atoms. The molecule has 0 fully saturated rings. The van der Waals surface area contributed by atoms with Crippen molar-refractivity contribution < 1.29 is 9.90 Å². The van der Waals surface area contributed by atoms with Gasteiger partial charge in [0.15, 0.2) is 0 Å². The average molecular weight is 385 g/mol. The predicted molar refractivity (Wildman–Crippen MR) is 82.6 cm³/mol. The molecule has 2 N–H and O–H groups in total. The summed E-state index contributed by atoms with van der Waals surface area (Å²) in [5.74, 6) is -0.392. The molecule has 5 heteroatoms. The fourth-order valence-electron chi connectivity index (χ4n) is 1.65. The summed E-state index contributed by atoms with van der Waals surface area (Å²) in [6.07, 6.45) is 0. The number of nitrogens with one attached hydrogen (secondary N) is 1. The molecule has 0 heterocycles. The number of phenols is 1. The quantitative estimate of drug-likeness (QED) is 0.801. The average Bonchev–Trinajstić information content (AvgIpc) is 2.32. The van der Waals surface area contributed by atoms with Crippen molar-refractivity contribution in [2.24, 2.45) is 0 Å². The minimum atomic E-state index is -0.338. The third-order valence-electron chi connectivity index (χ3n) is 2.64. The Morgan fingerprint density at radius 2 is 1.74 bits per heavy atom. The molecule has 0 atom stereocenters. The summed E-state index contributed by atoms with van der Waals surface area (Å²) in [4.78, 5) is 12.1. The highest BCUT2D eigenvalue weighted by molar-refractivity contribution is 9.10. The first-order valence-electron chi connectivity index (χ1n) is 5.53. The van der Waals surface area contributed by atoms with Crippen LogP contribution in [-0.2, 0) is 0 Å². The Hall–Kier alpha value is -1.33. The lowest BCUT2D eigenvalue weighted by Crippen LogP contribution is -2.12. The Labute approximate surface area is 127 Å². The predicted octanol–water partition coefficient (Wildman–Crippen LogP) is 4.48. The van der Waals surface area contributed by atoms with Crippen molar-refractivity contribution in [3.8, 4) is 5.75 Å². The molecule has 0 aliphatic rings. The third kappa shape index (κ3) is 3.36. The van der Waals surface area contributed by atoms with Crippen molar-refractivity contribution in [2.75, 3.05) is 5.32 Å². The van der Waals surface area contributed by atoms with Crippen LogP contribution in [0.15, 0.2) is 45.3 Å². The van der Waals surface area contributed by atoms with E-state index in [9.17, 15) is 9.90 Å². The Morgan fingerprint density at radius 3 is 2.37 bits per heavy atom. The number of anilines is 1. The zero-order valence-corrected chi connectivity index (χ0v) is 13.2. The van der Waals surface area contributed by atoms with Crippen LogP contribution < -0.4 is 5.32 Å². The van der Waals surface area contributed by atoms with E-state index in [4.69, 9.17) is 0 Å². The summed E-state index contributed by atoms with van der Waals surface area (Å²) in [5, 5.41) is 12.5. The van der Waals surface area contributed by atoms with Gasteiger partial charge >= 0.3 is 0 Å². The van der Waals surface area contributed by atoms with E-state index in [1.807, 2.05) is 25.1 Å². The van der Waals surface area contributed by atoms with Crippen molar-refractivity contribution in [3.63, 3.8) is 0 Å². The Bertz CT molecular complexity index is 641. The topological polar surface area (TPSA) is 49.3 Å². The van der Waals surface area contributed by atoms with Crippen LogP contribution in [0.3, 0.4) is 0 Å². The second-order valence-electron chi connectivity index (χ2n) is 4.07. The van der Waals surface area contributed by atoms with Crippen molar-refractivity contribution in [1.82, 2.24) is 0 Å². The van der Waals surface area contributed by atoms with Crippen LogP contribution in [0.5, 0.6) is 5.75 Å². The summed E-state index contributed by atoms with van der Waals surface area (Å²) < 4.78 is 1.68. The van der Waals surface area contributed by atoms with Crippen LogP contribution in [0.1, 0.15) is 15.9 Å². The maximum Gasteiger partial charge on any atom is 0.259 e. The zero-order valence-electron chi connectivity index (χ0n) is 10.1. The molecular formula is C14H11Br2NO2. The molecule has 19 heavy (non-hydrogen) atoms. The summed E-state index contributed by atoms with van der Waals surface area (Å²) in [6.45, 7) is 1.90. The number of halogens is 2. The number of carbonyl (C=O) groups excluding carboxylic acids is 1. The molecule has 0 saturated carbocycles. The first kappa shape index (κ1) is 14.1. The zero-order chi connectivity index (χ0) is 14.0. The second kappa shape index (κ2) is 5.75. The van der Waals surface area contributed by atoms with Gasteiger partial charge in [0.1, 0.15) is 5.75 Å². The number of aryl methyl sites for hydroxylation is 1. The van der Waals surface area contributed by atoms with Gasteiger partial charge in [-0.05, 0) is 48.9 Å². The summed E-state index contributed by atoms with van der Waals surface area (Å²) in [6, 6.07) is 10.4. The minimum Gasteiger partial charge on any atom is -0.507 e. The van der Waals surface area contributed by atoms with Gasteiger partial charge < -0.3 is 10.4 Å². The fraction of sp³-hybridized carbons (Fsp3) is 0.0714. The molecule has 0 unspecified atom stereocenters. The highest BCUT2D eigenvalue weighted by Gasteiger charge is 2.12. The van der Waals surface area contributed by atoms with Gasteiger partial charge in [0.05, 0.1) is 5.56 Å². The second-order valence-corrected chi connectivity index (χ2v) is 5.91. The van der Waals surface area contributed by atoms with Crippen LogP contribution in [-0.4, -0.2) is 11.0 Å². The smallest absolute Gasteiger partial charge is 0.259 e. The van der Waals surface area contributed by atoms with E-state index in [0.717, 1.165) is 20.2 Å². The SMILES string of the molecule is Cc1cc(Br)ccc1NC(=O)c1ccc(Br)cc1O. The van der Waals surface area contributed by atoms with Gasteiger partial charge in [-0.25, -0.2) is 0 Å². The molecule has 1 amide bonds. The number of hydrogen-bond acceptors (Lipinski definition) is 2. The van der Waals surface area contributed by atoms with Gasteiger partial charge in [-0.15, -0.1) is 0 Å². The number of phenolic OH excluding ortho intramolecular Hbond substituents is 1. The summed E-state index contributed by atoms with van der Waals surface area (Å²) in [5.41, 5.74) is 1.90. The van der Waals surface area contributed by atoms with Crippen LogP contribution in [0.4, 0.5) is 5.69 Å².